The first-order valence-electron chi connectivity index (χ1n) is 47.9. The molecule has 0 heterocycles. The number of esters is 4. The second-order valence-corrected chi connectivity index (χ2v) is 37.3. The fourth-order valence-corrected chi connectivity index (χ4v) is 16.1. The van der Waals surface area contributed by atoms with Gasteiger partial charge in [0.05, 0.1) is 26.4 Å². The molecule has 3 N–H and O–H groups in total. The predicted octanol–water partition coefficient (Wildman–Crippen LogP) is 28.8. The van der Waals surface area contributed by atoms with Crippen molar-refractivity contribution in [3.05, 3.63) is 0 Å². The molecule has 666 valence electrons. The maximum atomic E-state index is 13.2. The fraction of sp³-hybridized carbons (Fsp3) is 0.957. The van der Waals surface area contributed by atoms with Crippen LogP contribution in [0.25, 0.3) is 0 Å². The van der Waals surface area contributed by atoms with E-state index < -0.39 is 97.5 Å². The zero-order valence-electron chi connectivity index (χ0n) is 74.2. The number of unbranched alkanes of at least 4 members (excludes halogenated alkanes) is 57. The Hall–Kier alpha value is -1.94. The van der Waals surface area contributed by atoms with Gasteiger partial charge < -0.3 is 33.8 Å². The largest absolute Gasteiger partial charge is 0.472 e. The quantitative estimate of drug-likeness (QED) is 0.0222. The molecule has 0 fully saturated rings. The van der Waals surface area contributed by atoms with Crippen molar-refractivity contribution in [3.8, 4) is 0 Å². The van der Waals surface area contributed by atoms with Gasteiger partial charge in [-0.3, -0.25) is 37.3 Å². The SMILES string of the molecule is CCCCCCCCCCCCCCCCCCCCCCCCC(=O)OC[C@H](COP(=O)(O)OC[C@@H](O)COP(=O)(O)OC[C@@H](COC(=O)CCCCCCCCC(C)CC)OC(=O)CCCCCCCCCCCCCCCCCC(C)C)OC(=O)CCCCCCCCCCCCCCCCCCCCC(C)CC. The molecule has 19 heteroatoms. The van der Waals surface area contributed by atoms with Crippen molar-refractivity contribution in [3.63, 3.8) is 0 Å². The summed E-state index contributed by atoms with van der Waals surface area (Å²) < 4.78 is 69.1. The van der Waals surface area contributed by atoms with Crippen LogP contribution in [-0.4, -0.2) is 96.7 Å². The van der Waals surface area contributed by atoms with Crippen LogP contribution in [0.4, 0.5) is 0 Å². The zero-order valence-corrected chi connectivity index (χ0v) is 75.9. The monoisotopic (exact) mass is 1630 g/mol. The predicted molar refractivity (Wildman–Crippen MR) is 465 cm³/mol. The van der Waals surface area contributed by atoms with Crippen molar-refractivity contribution >= 4 is 39.5 Å². The summed E-state index contributed by atoms with van der Waals surface area (Å²) in [7, 11) is -9.94. The topological polar surface area (TPSA) is 237 Å². The molecule has 0 aliphatic rings. The Balaban J connectivity index is 5.21. The molecule has 0 saturated carbocycles. The molecular formula is C93H182O17P2. The van der Waals surface area contributed by atoms with Crippen LogP contribution in [0.3, 0.4) is 0 Å². The maximum absolute atomic E-state index is 13.2. The lowest BCUT2D eigenvalue weighted by Gasteiger charge is -2.21. The molecule has 0 spiro atoms. The van der Waals surface area contributed by atoms with E-state index in [0.717, 1.165) is 114 Å². The third-order valence-corrected chi connectivity index (χ3v) is 24.5. The van der Waals surface area contributed by atoms with E-state index in [4.69, 9.17) is 37.0 Å². The average molecular weight is 1630 g/mol. The average Bonchev–Trinajstić information content (AvgIpc) is 0.907. The Bertz CT molecular complexity index is 2150. The fourth-order valence-electron chi connectivity index (χ4n) is 14.5. The highest BCUT2D eigenvalue weighted by atomic mass is 31.2. The first-order valence-corrected chi connectivity index (χ1v) is 50.9. The van der Waals surface area contributed by atoms with Crippen LogP contribution in [0.15, 0.2) is 0 Å². The highest BCUT2D eigenvalue weighted by Crippen LogP contribution is 2.45. The number of carbonyl (C=O) groups excluding carboxylic acids is 4. The van der Waals surface area contributed by atoms with E-state index >= 15 is 0 Å². The molecule has 0 aliphatic heterocycles. The minimum absolute atomic E-state index is 0.107. The number of phosphoric ester groups is 2. The molecule has 0 radical (unpaired) electrons. The van der Waals surface area contributed by atoms with E-state index in [1.165, 1.54) is 302 Å². The lowest BCUT2D eigenvalue weighted by atomic mass is 9.99. The highest BCUT2D eigenvalue weighted by molar-refractivity contribution is 7.47. The molecule has 0 aliphatic carbocycles. The van der Waals surface area contributed by atoms with Crippen molar-refractivity contribution in [2.75, 3.05) is 39.6 Å². The van der Waals surface area contributed by atoms with Gasteiger partial charge in [0.25, 0.3) is 0 Å². The molecule has 4 unspecified atom stereocenters. The van der Waals surface area contributed by atoms with Crippen LogP contribution < -0.4 is 0 Å². The summed E-state index contributed by atoms with van der Waals surface area (Å²) in [6.07, 6.45) is 76.6. The molecule has 112 heavy (non-hydrogen) atoms. The Labute approximate surface area is 689 Å². The van der Waals surface area contributed by atoms with Crippen LogP contribution in [0.2, 0.25) is 0 Å². The van der Waals surface area contributed by atoms with Gasteiger partial charge >= 0.3 is 39.5 Å². The molecule has 0 aromatic rings. The normalized spacial score (nSPS) is 14.2. The maximum Gasteiger partial charge on any atom is 0.472 e. The van der Waals surface area contributed by atoms with E-state index in [9.17, 15) is 43.2 Å². The summed E-state index contributed by atoms with van der Waals surface area (Å²) in [6.45, 7) is 12.1. The van der Waals surface area contributed by atoms with Gasteiger partial charge in [0, 0.05) is 25.7 Å². The highest BCUT2D eigenvalue weighted by Gasteiger charge is 2.31. The van der Waals surface area contributed by atoms with E-state index in [-0.39, 0.29) is 25.7 Å². The number of hydrogen-bond acceptors (Lipinski definition) is 15. The van der Waals surface area contributed by atoms with Gasteiger partial charge in [0.2, 0.25) is 0 Å². The van der Waals surface area contributed by atoms with E-state index in [1.807, 2.05) is 0 Å². The van der Waals surface area contributed by atoms with Crippen molar-refractivity contribution in [2.45, 2.75) is 516 Å². The lowest BCUT2D eigenvalue weighted by molar-refractivity contribution is -0.161. The van der Waals surface area contributed by atoms with Crippen LogP contribution in [0.5, 0.6) is 0 Å². The van der Waals surface area contributed by atoms with E-state index in [0.29, 0.717) is 25.7 Å². The third kappa shape index (κ3) is 83.1. The molecular weight excluding hydrogens is 1450 g/mol. The Morgan fingerprint density at radius 1 is 0.259 bits per heavy atom. The lowest BCUT2D eigenvalue weighted by Crippen LogP contribution is -2.30. The number of hydrogen-bond donors (Lipinski definition) is 3. The van der Waals surface area contributed by atoms with Crippen LogP contribution in [0.1, 0.15) is 498 Å². The van der Waals surface area contributed by atoms with Crippen molar-refractivity contribution in [1.82, 2.24) is 0 Å². The number of phosphoric acid groups is 2. The molecule has 17 nitrogen and oxygen atoms in total. The smallest absolute Gasteiger partial charge is 0.462 e. The standard InChI is InChI=1S/C93H182O17P2/c1-8-11-12-13-14-15-16-17-18-19-20-21-22-23-27-32-37-42-47-52-60-67-74-90(95)103-80-88(109-92(97)76-69-62-53-48-43-38-33-28-25-24-26-31-36-41-46-51-58-65-72-85(6)9-2)82-107-111(99,100)105-78-87(94)79-106-112(101,102)108-83-89(81-104-91(96)75-68-61-56-55-59-66-73-86(7)10-3)110-93(98)77-70-63-54-49-44-39-34-29-30-35-40-45-50-57-64-71-84(4)5/h84-89,94H,8-83H2,1-7H3,(H,99,100)(H,101,102)/t85?,86?,87-,88-,89-/m1/s1. The summed E-state index contributed by atoms with van der Waals surface area (Å²) in [5, 5.41) is 10.7. The molecule has 0 saturated heterocycles. The second-order valence-electron chi connectivity index (χ2n) is 34.4. The van der Waals surface area contributed by atoms with Gasteiger partial charge in [-0.25, -0.2) is 9.13 Å². The van der Waals surface area contributed by atoms with Crippen LogP contribution in [0, 0.1) is 17.8 Å². The second kappa shape index (κ2) is 82.7. The summed E-state index contributed by atoms with van der Waals surface area (Å²) in [4.78, 5) is 73.4. The van der Waals surface area contributed by atoms with Crippen LogP contribution in [-0.2, 0) is 65.4 Å². The molecule has 0 amide bonds. The minimum atomic E-state index is -4.97. The Morgan fingerprint density at radius 3 is 0.679 bits per heavy atom. The van der Waals surface area contributed by atoms with Gasteiger partial charge in [-0.1, -0.05) is 447 Å². The zero-order chi connectivity index (χ0) is 82.2. The van der Waals surface area contributed by atoms with Gasteiger partial charge in [-0.2, -0.15) is 0 Å². The summed E-state index contributed by atoms with van der Waals surface area (Å²) in [6, 6.07) is 0. The number of carbonyl (C=O) groups is 4. The number of aliphatic hydroxyl groups excluding tert-OH is 1. The summed E-state index contributed by atoms with van der Waals surface area (Å²) in [5.74, 6) is 0.305. The number of rotatable bonds is 91. The van der Waals surface area contributed by atoms with E-state index in [2.05, 4.69) is 48.5 Å². The Morgan fingerprint density at radius 2 is 0.455 bits per heavy atom. The molecule has 0 bridgehead atoms. The van der Waals surface area contributed by atoms with Gasteiger partial charge in [0.1, 0.15) is 19.3 Å². The number of aliphatic hydroxyl groups is 1. The summed E-state index contributed by atoms with van der Waals surface area (Å²) >= 11 is 0. The Kier molecular flexibility index (Phi) is 81.3. The molecule has 0 rings (SSSR count). The first-order chi connectivity index (χ1) is 54.3. The third-order valence-electron chi connectivity index (χ3n) is 22.6. The molecule has 0 aromatic carbocycles. The van der Waals surface area contributed by atoms with Gasteiger partial charge in [0.15, 0.2) is 12.2 Å². The van der Waals surface area contributed by atoms with Crippen molar-refractivity contribution in [2.24, 2.45) is 17.8 Å². The minimum Gasteiger partial charge on any atom is -0.462 e. The van der Waals surface area contributed by atoms with Gasteiger partial charge in [-0.05, 0) is 43.4 Å². The van der Waals surface area contributed by atoms with Crippen molar-refractivity contribution < 1.29 is 80.2 Å². The molecule has 0 aromatic heterocycles. The number of ether oxygens (including phenoxy) is 4. The summed E-state index contributed by atoms with van der Waals surface area (Å²) in [5.41, 5.74) is 0. The van der Waals surface area contributed by atoms with Crippen LogP contribution >= 0.6 is 15.6 Å². The first kappa shape index (κ1) is 110. The van der Waals surface area contributed by atoms with E-state index in [1.54, 1.807) is 0 Å². The molecule has 7 atom stereocenters. The van der Waals surface area contributed by atoms with Crippen molar-refractivity contribution in [1.29, 1.82) is 0 Å². The van der Waals surface area contributed by atoms with Gasteiger partial charge in [-0.15, -0.1) is 0 Å².